The fourth-order valence-electron chi connectivity index (χ4n) is 1.88. The van der Waals surface area contributed by atoms with Gasteiger partial charge in [-0.15, -0.1) is 0 Å². The van der Waals surface area contributed by atoms with Crippen LogP contribution in [0.3, 0.4) is 0 Å². The van der Waals surface area contributed by atoms with E-state index in [1.165, 1.54) is 0 Å². The standard InChI is InChI=1S/C16H19BrClN3/c1-10(11-5-7-12(18)8-6-11)19-14-9-13(17)20-15(21-14)16(2,3)4/h5-10H,1-4H3,(H,19,20,21). The number of anilines is 1. The number of nitrogens with one attached hydrogen (secondary N) is 1. The number of rotatable bonds is 3. The lowest BCUT2D eigenvalue weighted by Gasteiger charge is -2.20. The molecule has 0 fully saturated rings. The topological polar surface area (TPSA) is 37.8 Å². The van der Waals surface area contributed by atoms with Crippen LogP contribution >= 0.6 is 27.5 Å². The van der Waals surface area contributed by atoms with Gasteiger partial charge in [0, 0.05) is 22.5 Å². The summed E-state index contributed by atoms with van der Waals surface area (Å²) in [7, 11) is 0. The Morgan fingerprint density at radius 2 is 1.76 bits per heavy atom. The number of hydrogen-bond donors (Lipinski definition) is 1. The van der Waals surface area contributed by atoms with Gasteiger partial charge in [-0.2, -0.15) is 0 Å². The minimum absolute atomic E-state index is 0.0935. The van der Waals surface area contributed by atoms with Crippen LogP contribution in [0.25, 0.3) is 0 Å². The Morgan fingerprint density at radius 1 is 1.14 bits per heavy atom. The molecule has 1 atom stereocenters. The third-order valence-corrected chi connectivity index (χ3v) is 3.76. The van der Waals surface area contributed by atoms with E-state index in [9.17, 15) is 0 Å². The van der Waals surface area contributed by atoms with Crippen molar-refractivity contribution in [1.82, 2.24) is 9.97 Å². The van der Waals surface area contributed by atoms with Gasteiger partial charge in [0.15, 0.2) is 0 Å². The predicted octanol–water partition coefficient (Wildman–Crippen LogP) is 5.36. The highest BCUT2D eigenvalue weighted by Gasteiger charge is 2.19. The van der Waals surface area contributed by atoms with Gasteiger partial charge in [0.05, 0.1) is 0 Å². The maximum absolute atomic E-state index is 5.92. The molecular weight excluding hydrogens is 350 g/mol. The summed E-state index contributed by atoms with van der Waals surface area (Å²) in [5.41, 5.74) is 1.07. The third kappa shape index (κ3) is 4.42. The molecule has 0 aliphatic rings. The van der Waals surface area contributed by atoms with Crippen molar-refractivity contribution >= 4 is 33.3 Å². The number of halogens is 2. The van der Waals surface area contributed by atoms with Crippen molar-refractivity contribution in [3.63, 3.8) is 0 Å². The summed E-state index contributed by atoms with van der Waals surface area (Å²) in [6.07, 6.45) is 0. The van der Waals surface area contributed by atoms with Crippen molar-refractivity contribution in [2.24, 2.45) is 0 Å². The first-order valence-corrected chi connectivity index (χ1v) is 8.00. The molecule has 0 amide bonds. The van der Waals surface area contributed by atoms with E-state index in [0.717, 1.165) is 26.8 Å². The highest BCUT2D eigenvalue weighted by Crippen LogP contribution is 2.25. The van der Waals surface area contributed by atoms with E-state index in [-0.39, 0.29) is 11.5 Å². The quantitative estimate of drug-likeness (QED) is 0.741. The molecule has 0 saturated carbocycles. The van der Waals surface area contributed by atoms with Gasteiger partial charge in [0.1, 0.15) is 16.2 Å². The Bertz CT molecular complexity index is 620. The molecule has 0 spiro atoms. The first-order chi connectivity index (χ1) is 9.75. The largest absolute Gasteiger partial charge is 0.363 e. The summed E-state index contributed by atoms with van der Waals surface area (Å²) in [5.74, 6) is 1.62. The van der Waals surface area contributed by atoms with Gasteiger partial charge in [-0.05, 0) is 40.5 Å². The molecule has 112 valence electrons. The monoisotopic (exact) mass is 367 g/mol. The van der Waals surface area contributed by atoms with Crippen LogP contribution in [-0.4, -0.2) is 9.97 Å². The van der Waals surface area contributed by atoms with Crippen LogP contribution < -0.4 is 5.32 Å². The summed E-state index contributed by atoms with van der Waals surface area (Å²) in [6, 6.07) is 9.84. The van der Waals surface area contributed by atoms with Gasteiger partial charge in [-0.3, -0.25) is 0 Å². The van der Waals surface area contributed by atoms with Crippen LogP contribution in [0.5, 0.6) is 0 Å². The molecule has 1 unspecified atom stereocenters. The lowest BCUT2D eigenvalue weighted by Crippen LogP contribution is -2.18. The zero-order valence-corrected chi connectivity index (χ0v) is 15.0. The van der Waals surface area contributed by atoms with Gasteiger partial charge < -0.3 is 5.32 Å². The van der Waals surface area contributed by atoms with E-state index in [4.69, 9.17) is 11.6 Å². The van der Waals surface area contributed by atoms with Gasteiger partial charge in [0.2, 0.25) is 0 Å². The van der Waals surface area contributed by atoms with E-state index >= 15 is 0 Å². The summed E-state index contributed by atoms with van der Waals surface area (Å²) in [4.78, 5) is 9.05. The van der Waals surface area contributed by atoms with Crippen LogP contribution in [0.1, 0.15) is 45.1 Å². The van der Waals surface area contributed by atoms with Crippen LogP contribution in [-0.2, 0) is 5.41 Å². The Kier molecular flexibility index (Phi) is 4.89. The predicted molar refractivity (Wildman–Crippen MR) is 91.9 cm³/mol. The molecule has 1 aromatic heterocycles. The second kappa shape index (κ2) is 6.32. The van der Waals surface area contributed by atoms with Gasteiger partial charge in [-0.25, -0.2) is 9.97 Å². The zero-order valence-electron chi connectivity index (χ0n) is 12.6. The van der Waals surface area contributed by atoms with E-state index in [1.807, 2.05) is 30.3 Å². The van der Waals surface area contributed by atoms with Crippen LogP contribution in [0.4, 0.5) is 5.82 Å². The van der Waals surface area contributed by atoms with Crippen molar-refractivity contribution in [1.29, 1.82) is 0 Å². The van der Waals surface area contributed by atoms with Gasteiger partial charge in [0.25, 0.3) is 0 Å². The number of aromatic nitrogens is 2. The molecule has 0 aliphatic heterocycles. The van der Waals surface area contributed by atoms with Crippen LogP contribution in [0, 0.1) is 0 Å². The number of nitrogens with zero attached hydrogens (tertiary/aromatic N) is 2. The van der Waals surface area contributed by atoms with Crippen LogP contribution in [0.2, 0.25) is 5.02 Å². The number of hydrogen-bond acceptors (Lipinski definition) is 3. The average Bonchev–Trinajstić information content (AvgIpc) is 2.37. The van der Waals surface area contributed by atoms with Crippen molar-refractivity contribution in [3.8, 4) is 0 Å². The lowest BCUT2D eigenvalue weighted by atomic mass is 9.96. The van der Waals surface area contributed by atoms with Crippen LogP contribution in [0.15, 0.2) is 34.9 Å². The molecule has 2 rings (SSSR count). The second-order valence-corrected chi connectivity index (χ2v) is 7.32. The third-order valence-electron chi connectivity index (χ3n) is 3.10. The summed E-state index contributed by atoms with van der Waals surface area (Å²) < 4.78 is 0.785. The lowest BCUT2D eigenvalue weighted by molar-refractivity contribution is 0.544. The maximum Gasteiger partial charge on any atom is 0.137 e. The molecule has 1 aromatic carbocycles. The smallest absolute Gasteiger partial charge is 0.137 e. The minimum atomic E-state index is -0.0935. The summed E-state index contributed by atoms with van der Waals surface area (Å²) in [5, 5.41) is 4.15. The Morgan fingerprint density at radius 3 is 2.33 bits per heavy atom. The SMILES string of the molecule is CC(Nc1cc(Br)nc(C(C)(C)C)n1)c1ccc(Cl)cc1. The molecule has 3 nitrogen and oxygen atoms in total. The molecule has 0 bridgehead atoms. The molecule has 21 heavy (non-hydrogen) atoms. The van der Waals surface area contributed by atoms with E-state index in [0.29, 0.717) is 0 Å². The zero-order chi connectivity index (χ0) is 15.6. The summed E-state index contributed by atoms with van der Waals surface area (Å²) in [6.45, 7) is 8.39. The normalized spacial score (nSPS) is 13.0. The molecule has 2 aromatic rings. The van der Waals surface area contributed by atoms with Gasteiger partial charge >= 0.3 is 0 Å². The Hall–Kier alpha value is -1.13. The molecule has 0 aliphatic carbocycles. The molecule has 1 N–H and O–H groups in total. The fraction of sp³-hybridized carbons (Fsp3) is 0.375. The maximum atomic E-state index is 5.92. The van der Waals surface area contributed by atoms with E-state index in [1.54, 1.807) is 0 Å². The van der Waals surface area contributed by atoms with E-state index in [2.05, 4.69) is 58.9 Å². The first-order valence-electron chi connectivity index (χ1n) is 6.83. The highest BCUT2D eigenvalue weighted by molar-refractivity contribution is 9.10. The molecule has 0 saturated heterocycles. The van der Waals surface area contributed by atoms with Crippen molar-refractivity contribution in [2.75, 3.05) is 5.32 Å². The van der Waals surface area contributed by atoms with E-state index < -0.39 is 0 Å². The molecule has 5 heteroatoms. The minimum Gasteiger partial charge on any atom is -0.363 e. The average molecular weight is 369 g/mol. The summed E-state index contributed by atoms with van der Waals surface area (Å²) >= 11 is 9.37. The molecule has 0 radical (unpaired) electrons. The first kappa shape index (κ1) is 16.2. The Labute approximate surface area is 139 Å². The highest BCUT2D eigenvalue weighted by atomic mass is 79.9. The molecule has 1 heterocycles. The second-order valence-electron chi connectivity index (χ2n) is 6.07. The molecular formula is C16H19BrClN3. The number of benzene rings is 1. The van der Waals surface area contributed by atoms with Crippen molar-refractivity contribution in [3.05, 3.63) is 51.3 Å². The van der Waals surface area contributed by atoms with Gasteiger partial charge in [-0.1, -0.05) is 44.5 Å². The fourth-order valence-corrected chi connectivity index (χ4v) is 2.39. The Balaban J connectivity index is 2.23. The van der Waals surface area contributed by atoms with Crippen molar-refractivity contribution in [2.45, 2.75) is 39.2 Å². The van der Waals surface area contributed by atoms with Crippen molar-refractivity contribution < 1.29 is 0 Å².